The largest absolute Gasteiger partial charge is 0.371 e. The second kappa shape index (κ2) is 4.27. The second-order valence-corrected chi connectivity index (χ2v) is 3.35. The standard InChI is InChI=1S/C7H10N2O2S/c1-5(2)11-4-6(10)7-3-8-9-12-7/h3,5H,4H2,1-2H3. The Labute approximate surface area is 74.7 Å². The van der Waals surface area contributed by atoms with Gasteiger partial charge in [-0.05, 0) is 25.4 Å². The summed E-state index contributed by atoms with van der Waals surface area (Å²) in [6, 6.07) is 0. The highest BCUT2D eigenvalue weighted by molar-refractivity contribution is 7.07. The first-order valence-corrected chi connectivity index (χ1v) is 4.39. The normalized spacial score (nSPS) is 10.6. The smallest absolute Gasteiger partial charge is 0.201 e. The van der Waals surface area contributed by atoms with Crippen LogP contribution in [0.4, 0.5) is 0 Å². The fraction of sp³-hybridized carbons (Fsp3) is 0.571. The van der Waals surface area contributed by atoms with Crippen LogP contribution in [-0.4, -0.2) is 28.1 Å². The van der Waals surface area contributed by atoms with Gasteiger partial charge in [-0.15, -0.1) is 5.10 Å². The van der Waals surface area contributed by atoms with Gasteiger partial charge in [0, 0.05) is 0 Å². The first kappa shape index (κ1) is 9.28. The summed E-state index contributed by atoms with van der Waals surface area (Å²) in [5.41, 5.74) is 0. The van der Waals surface area contributed by atoms with E-state index in [0.717, 1.165) is 11.5 Å². The number of Topliss-reactive ketones (excluding diaryl/α,β-unsaturated/α-hetero) is 1. The summed E-state index contributed by atoms with van der Waals surface area (Å²) in [5, 5.41) is 3.56. The van der Waals surface area contributed by atoms with E-state index >= 15 is 0 Å². The van der Waals surface area contributed by atoms with Gasteiger partial charge in [0.25, 0.3) is 0 Å². The highest BCUT2D eigenvalue weighted by Gasteiger charge is 2.08. The number of rotatable bonds is 4. The van der Waals surface area contributed by atoms with Crippen LogP contribution in [-0.2, 0) is 4.74 Å². The Morgan fingerprint density at radius 2 is 2.50 bits per heavy atom. The molecular formula is C7H10N2O2S. The maximum absolute atomic E-state index is 11.2. The molecule has 0 saturated heterocycles. The third-order valence-corrected chi connectivity index (χ3v) is 1.89. The fourth-order valence-electron chi connectivity index (χ4n) is 0.604. The van der Waals surface area contributed by atoms with Crippen LogP contribution in [0, 0.1) is 0 Å². The maximum Gasteiger partial charge on any atom is 0.201 e. The lowest BCUT2D eigenvalue weighted by Gasteiger charge is -2.03. The molecule has 0 aliphatic carbocycles. The zero-order valence-corrected chi connectivity index (χ0v) is 7.80. The fourth-order valence-corrected chi connectivity index (χ4v) is 1.04. The van der Waals surface area contributed by atoms with E-state index in [1.54, 1.807) is 0 Å². The molecule has 0 aliphatic rings. The molecule has 0 fully saturated rings. The molecule has 0 aliphatic heterocycles. The molecule has 0 aromatic carbocycles. The molecule has 1 aromatic rings. The van der Waals surface area contributed by atoms with Crippen molar-refractivity contribution in [2.75, 3.05) is 6.61 Å². The van der Waals surface area contributed by atoms with Crippen molar-refractivity contribution in [1.82, 2.24) is 9.59 Å². The van der Waals surface area contributed by atoms with Crippen LogP contribution in [0.25, 0.3) is 0 Å². The predicted molar refractivity (Wildman–Crippen MR) is 45.3 cm³/mol. The maximum atomic E-state index is 11.2. The molecule has 0 radical (unpaired) electrons. The van der Waals surface area contributed by atoms with E-state index in [9.17, 15) is 4.79 Å². The lowest BCUT2D eigenvalue weighted by molar-refractivity contribution is 0.0588. The molecule has 0 N–H and O–H groups in total. The van der Waals surface area contributed by atoms with Gasteiger partial charge in [-0.2, -0.15) is 0 Å². The van der Waals surface area contributed by atoms with Gasteiger partial charge in [0.2, 0.25) is 5.78 Å². The zero-order chi connectivity index (χ0) is 8.97. The van der Waals surface area contributed by atoms with Crippen molar-refractivity contribution in [3.8, 4) is 0 Å². The van der Waals surface area contributed by atoms with Crippen LogP contribution in [0.5, 0.6) is 0 Å². The first-order valence-electron chi connectivity index (χ1n) is 3.62. The average Bonchev–Trinajstić information content (AvgIpc) is 2.51. The number of carbonyl (C=O) groups excluding carboxylic acids is 1. The van der Waals surface area contributed by atoms with Crippen molar-refractivity contribution < 1.29 is 9.53 Å². The van der Waals surface area contributed by atoms with Gasteiger partial charge in [-0.1, -0.05) is 4.49 Å². The Morgan fingerprint density at radius 1 is 1.75 bits per heavy atom. The van der Waals surface area contributed by atoms with Crippen LogP contribution in [0.1, 0.15) is 23.5 Å². The predicted octanol–water partition coefficient (Wildman–Crippen LogP) is 1.15. The van der Waals surface area contributed by atoms with E-state index in [2.05, 4.69) is 9.59 Å². The van der Waals surface area contributed by atoms with Crippen LogP contribution in [0.2, 0.25) is 0 Å². The molecule has 0 saturated carbocycles. The van der Waals surface area contributed by atoms with Gasteiger partial charge < -0.3 is 4.74 Å². The molecule has 66 valence electrons. The summed E-state index contributed by atoms with van der Waals surface area (Å²) in [7, 11) is 0. The van der Waals surface area contributed by atoms with Gasteiger partial charge in [0.05, 0.1) is 12.3 Å². The van der Waals surface area contributed by atoms with Crippen molar-refractivity contribution in [1.29, 1.82) is 0 Å². The lowest BCUT2D eigenvalue weighted by Crippen LogP contribution is -2.12. The van der Waals surface area contributed by atoms with Crippen molar-refractivity contribution in [2.45, 2.75) is 20.0 Å². The number of hydrogen-bond donors (Lipinski definition) is 0. The monoisotopic (exact) mass is 186 g/mol. The summed E-state index contributed by atoms with van der Waals surface area (Å²) in [4.78, 5) is 11.8. The average molecular weight is 186 g/mol. The molecule has 0 amide bonds. The minimum atomic E-state index is -0.0568. The van der Waals surface area contributed by atoms with Crippen LogP contribution in [0.3, 0.4) is 0 Å². The highest BCUT2D eigenvalue weighted by atomic mass is 32.1. The van der Waals surface area contributed by atoms with E-state index < -0.39 is 0 Å². The molecular weight excluding hydrogens is 176 g/mol. The Kier molecular flexibility index (Phi) is 3.31. The van der Waals surface area contributed by atoms with E-state index in [4.69, 9.17) is 4.74 Å². The first-order chi connectivity index (χ1) is 5.70. The third kappa shape index (κ3) is 2.67. The Balaban J connectivity index is 2.40. The highest BCUT2D eigenvalue weighted by Crippen LogP contribution is 2.03. The molecule has 12 heavy (non-hydrogen) atoms. The number of nitrogens with zero attached hydrogens (tertiary/aromatic N) is 2. The number of ketones is 1. The SMILES string of the molecule is CC(C)OCC(=O)c1cnns1. The minimum Gasteiger partial charge on any atom is -0.371 e. The van der Waals surface area contributed by atoms with Crippen molar-refractivity contribution >= 4 is 17.3 Å². The molecule has 0 spiro atoms. The van der Waals surface area contributed by atoms with Crippen molar-refractivity contribution in [2.24, 2.45) is 0 Å². The molecule has 1 rings (SSSR count). The van der Waals surface area contributed by atoms with Gasteiger partial charge in [-0.25, -0.2) is 0 Å². The van der Waals surface area contributed by atoms with Crippen LogP contribution < -0.4 is 0 Å². The molecule has 1 aromatic heterocycles. The van der Waals surface area contributed by atoms with Gasteiger partial charge in [0.1, 0.15) is 11.5 Å². The molecule has 0 atom stereocenters. The van der Waals surface area contributed by atoms with E-state index in [-0.39, 0.29) is 18.5 Å². The Hall–Kier alpha value is -0.810. The third-order valence-electron chi connectivity index (χ3n) is 1.18. The molecule has 4 nitrogen and oxygen atoms in total. The van der Waals surface area contributed by atoms with E-state index in [0.29, 0.717) is 4.88 Å². The Bertz CT molecular complexity index is 246. The summed E-state index contributed by atoms with van der Waals surface area (Å²) in [6.07, 6.45) is 1.53. The van der Waals surface area contributed by atoms with E-state index in [1.165, 1.54) is 6.20 Å². The molecule has 5 heteroatoms. The lowest BCUT2D eigenvalue weighted by atomic mass is 10.3. The molecule has 1 heterocycles. The summed E-state index contributed by atoms with van der Waals surface area (Å²) < 4.78 is 8.71. The zero-order valence-electron chi connectivity index (χ0n) is 6.98. The van der Waals surface area contributed by atoms with Gasteiger partial charge in [0.15, 0.2) is 0 Å². The van der Waals surface area contributed by atoms with Crippen molar-refractivity contribution in [3.05, 3.63) is 11.1 Å². The topological polar surface area (TPSA) is 52.1 Å². The van der Waals surface area contributed by atoms with Gasteiger partial charge in [-0.3, -0.25) is 4.79 Å². The van der Waals surface area contributed by atoms with Crippen LogP contribution >= 0.6 is 11.5 Å². The van der Waals surface area contributed by atoms with E-state index in [1.807, 2.05) is 13.8 Å². The minimum absolute atomic E-state index is 0.0568. The van der Waals surface area contributed by atoms with Gasteiger partial charge >= 0.3 is 0 Å². The number of hydrogen-bond acceptors (Lipinski definition) is 5. The molecule has 0 bridgehead atoms. The number of ether oxygens (including phenoxy) is 1. The Morgan fingerprint density at radius 3 is 3.00 bits per heavy atom. The van der Waals surface area contributed by atoms with Crippen molar-refractivity contribution in [3.63, 3.8) is 0 Å². The second-order valence-electron chi connectivity index (χ2n) is 2.56. The number of aromatic nitrogens is 2. The molecule has 0 unspecified atom stereocenters. The number of carbonyl (C=O) groups is 1. The summed E-state index contributed by atoms with van der Waals surface area (Å²) >= 11 is 1.09. The van der Waals surface area contributed by atoms with Crippen LogP contribution in [0.15, 0.2) is 6.20 Å². The summed E-state index contributed by atoms with van der Waals surface area (Å²) in [5.74, 6) is -0.0568. The quantitative estimate of drug-likeness (QED) is 0.662. The summed E-state index contributed by atoms with van der Waals surface area (Å²) in [6.45, 7) is 3.89.